The van der Waals surface area contributed by atoms with Crippen molar-refractivity contribution < 1.29 is 22.4 Å². The summed E-state index contributed by atoms with van der Waals surface area (Å²) in [5.41, 5.74) is 0.557. The molecule has 2 aromatic carbocycles. The lowest BCUT2D eigenvalue weighted by Gasteiger charge is -2.10. The van der Waals surface area contributed by atoms with Gasteiger partial charge in [0.15, 0.2) is 5.13 Å². The number of alkyl halides is 3. The predicted octanol–water partition coefficient (Wildman–Crippen LogP) is 5.23. The lowest BCUT2D eigenvalue weighted by atomic mass is 10.0. The Morgan fingerprint density at radius 3 is 2.71 bits per heavy atom. The molecule has 1 aromatic heterocycles. The Balaban J connectivity index is 1.69. The van der Waals surface area contributed by atoms with E-state index in [-0.39, 0.29) is 12.0 Å². The van der Waals surface area contributed by atoms with E-state index in [2.05, 4.69) is 15.3 Å². The van der Waals surface area contributed by atoms with Crippen LogP contribution in [0.25, 0.3) is 0 Å². The Labute approximate surface area is 160 Å². The van der Waals surface area contributed by atoms with Crippen molar-refractivity contribution >= 4 is 33.8 Å². The fraction of sp³-hybridized carbons (Fsp3) is 0.105. The van der Waals surface area contributed by atoms with Gasteiger partial charge in [0.1, 0.15) is 5.82 Å². The summed E-state index contributed by atoms with van der Waals surface area (Å²) in [6.45, 7) is 0. The molecule has 28 heavy (non-hydrogen) atoms. The summed E-state index contributed by atoms with van der Waals surface area (Å²) in [5.74, 6) is -1.75. The van der Waals surface area contributed by atoms with Gasteiger partial charge in [-0.25, -0.2) is 9.37 Å². The molecular formula is C19H11F4N3OS. The summed E-state index contributed by atoms with van der Waals surface area (Å²) in [4.78, 5) is 20.9. The van der Waals surface area contributed by atoms with Crippen molar-refractivity contribution in [1.82, 2.24) is 4.98 Å². The summed E-state index contributed by atoms with van der Waals surface area (Å²) in [6.07, 6.45) is -3.00. The number of amides is 1. The van der Waals surface area contributed by atoms with Crippen LogP contribution < -0.4 is 5.32 Å². The molecule has 3 aromatic rings. The lowest BCUT2D eigenvalue weighted by Crippen LogP contribution is -2.11. The number of aromatic nitrogens is 1. The first-order chi connectivity index (χ1) is 13.3. The number of para-hydroxylation sites is 1. The third kappa shape index (κ3) is 3.40. The molecule has 9 heteroatoms. The second-order valence-corrected chi connectivity index (χ2v) is 6.93. The molecule has 4 rings (SSSR count). The minimum atomic E-state index is -4.80. The van der Waals surface area contributed by atoms with Gasteiger partial charge >= 0.3 is 6.18 Å². The van der Waals surface area contributed by atoms with Gasteiger partial charge < -0.3 is 0 Å². The Hall–Kier alpha value is -3.07. The number of nitrogens with zero attached hydrogens (tertiary/aromatic N) is 2. The number of fused-ring (bicyclic) bond motifs is 1. The van der Waals surface area contributed by atoms with Crippen LogP contribution in [0.15, 0.2) is 53.0 Å². The van der Waals surface area contributed by atoms with Crippen LogP contribution in [-0.4, -0.2) is 16.6 Å². The normalized spacial score (nSPS) is 13.2. The molecule has 0 aliphatic carbocycles. The fourth-order valence-electron chi connectivity index (χ4n) is 2.94. The Morgan fingerprint density at radius 1 is 1.18 bits per heavy atom. The van der Waals surface area contributed by atoms with Gasteiger partial charge in [0.05, 0.1) is 22.5 Å². The third-order valence-electron chi connectivity index (χ3n) is 4.23. The van der Waals surface area contributed by atoms with Crippen LogP contribution in [0.3, 0.4) is 0 Å². The lowest BCUT2D eigenvalue weighted by molar-refractivity contribution is -0.140. The van der Waals surface area contributed by atoms with Crippen LogP contribution in [0.2, 0.25) is 0 Å². The van der Waals surface area contributed by atoms with E-state index in [0.29, 0.717) is 27.7 Å². The second-order valence-electron chi connectivity index (χ2n) is 6.03. The number of aliphatic imine (C=N–C) groups is 1. The first-order valence-electron chi connectivity index (χ1n) is 8.10. The molecule has 1 amide bonds. The van der Waals surface area contributed by atoms with Crippen molar-refractivity contribution in [2.24, 2.45) is 4.99 Å². The van der Waals surface area contributed by atoms with E-state index in [9.17, 15) is 22.4 Å². The smallest absolute Gasteiger partial charge is 0.298 e. The molecule has 0 bridgehead atoms. The van der Waals surface area contributed by atoms with Crippen molar-refractivity contribution in [2.75, 3.05) is 5.32 Å². The molecule has 0 saturated heterocycles. The number of carbonyl (C=O) groups excluding carboxylic acids is 1. The molecule has 142 valence electrons. The van der Waals surface area contributed by atoms with Gasteiger partial charge in [0.25, 0.3) is 5.91 Å². The molecule has 0 saturated carbocycles. The van der Waals surface area contributed by atoms with E-state index < -0.39 is 23.5 Å². The topological polar surface area (TPSA) is 54.4 Å². The SMILES string of the molecule is O=C(Nc1nccs1)c1cccc2c1N=C(c1ccc(F)c(C(F)(F)F)c1)C2. The molecule has 0 fully saturated rings. The average Bonchev–Trinajstić information content (AvgIpc) is 3.30. The summed E-state index contributed by atoms with van der Waals surface area (Å²) >= 11 is 1.26. The van der Waals surface area contributed by atoms with E-state index in [1.165, 1.54) is 17.4 Å². The first kappa shape index (κ1) is 18.3. The number of halogens is 4. The molecule has 0 radical (unpaired) electrons. The number of anilines is 1. The minimum absolute atomic E-state index is 0.163. The summed E-state index contributed by atoms with van der Waals surface area (Å²) in [5, 5.41) is 4.81. The van der Waals surface area contributed by atoms with Gasteiger partial charge in [0, 0.05) is 18.0 Å². The van der Waals surface area contributed by atoms with Crippen molar-refractivity contribution in [3.8, 4) is 0 Å². The van der Waals surface area contributed by atoms with Crippen LogP contribution in [0.5, 0.6) is 0 Å². The Morgan fingerprint density at radius 2 is 2.00 bits per heavy atom. The van der Waals surface area contributed by atoms with Gasteiger partial charge in [-0.1, -0.05) is 18.2 Å². The average molecular weight is 405 g/mol. The highest BCUT2D eigenvalue weighted by Crippen LogP contribution is 2.36. The number of thiazole rings is 1. The molecule has 2 heterocycles. The van der Waals surface area contributed by atoms with E-state index in [1.807, 2.05) is 0 Å². The quantitative estimate of drug-likeness (QED) is 0.607. The highest BCUT2D eigenvalue weighted by Gasteiger charge is 2.35. The van der Waals surface area contributed by atoms with Gasteiger partial charge in [-0.15, -0.1) is 11.3 Å². The number of hydrogen-bond donors (Lipinski definition) is 1. The zero-order valence-corrected chi connectivity index (χ0v) is 14.9. The van der Waals surface area contributed by atoms with Gasteiger partial charge in [-0.05, 0) is 29.3 Å². The molecule has 1 aliphatic rings. The van der Waals surface area contributed by atoms with E-state index >= 15 is 0 Å². The van der Waals surface area contributed by atoms with Gasteiger partial charge in [-0.2, -0.15) is 13.2 Å². The van der Waals surface area contributed by atoms with E-state index in [0.717, 1.165) is 12.1 Å². The third-order valence-corrected chi connectivity index (χ3v) is 4.92. The molecule has 4 nitrogen and oxygen atoms in total. The number of benzene rings is 2. The van der Waals surface area contributed by atoms with Crippen LogP contribution in [0.1, 0.15) is 27.0 Å². The summed E-state index contributed by atoms with van der Waals surface area (Å²) in [7, 11) is 0. The maximum absolute atomic E-state index is 13.5. The van der Waals surface area contributed by atoms with Crippen LogP contribution in [-0.2, 0) is 12.6 Å². The molecule has 0 spiro atoms. The highest BCUT2D eigenvalue weighted by molar-refractivity contribution is 7.13. The maximum Gasteiger partial charge on any atom is 0.419 e. The van der Waals surface area contributed by atoms with Crippen molar-refractivity contribution in [3.63, 3.8) is 0 Å². The van der Waals surface area contributed by atoms with Crippen molar-refractivity contribution in [3.05, 3.63) is 76.0 Å². The monoisotopic (exact) mass is 405 g/mol. The van der Waals surface area contributed by atoms with Gasteiger partial charge in [0.2, 0.25) is 0 Å². The zero-order chi connectivity index (χ0) is 19.9. The summed E-state index contributed by atoms with van der Waals surface area (Å²) in [6, 6.07) is 7.79. The molecule has 0 unspecified atom stereocenters. The molecular weight excluding hydrogens is 394 g/mol. The van der Waals surface area contributed by atoms with E-state index in [4.69, 9.17) is 0 Å². The molecule has 0 atom stereocenters. The zero-order valence-electron chi connectivity index (χ0n) is 14.0. The number of rotatable bonds is 3. The minimum Gasteiger partial charge on any atom is -0.298 e. The first-order valence-corrected chi connectivity index (χ1v) is 8.98. The highest BCUT2D eigenvalue weighted by atomic mass is 32.1. The molecule has 1 N–H and O–H groups in total. The largest absolute Gasteiger partial charge is 0.419 e. The fourth-order valence-corrected chi connectivity index (χ4v) is 3.47. The second kappa shape index (κ2) is 6.83. The Bertz CT molecular complexity index is 1090. The van der Waals surface area contributed by atoms with E-state index in [1.54, 1.807) is 29.8 Å². The Kier molecular flexibility index (Phi) is 4.46. The number of carbonyl (C=O) groups is 1. The van der Waals surface area contributed by atoms with Crippen LogP contribution in [0.4, 0.5) is 28.4 Å². The number of nitrogens with one attached hydrogen (secondary N) is 1. The van der Waals surface area contributed by atoms with Crippen LogP contribution >= 0.6 is 11.3 Å². The molecule has 1 aliphatic heterocycles. The summed E-state index contributed by atoms with van der Waals surface area (Å²) < 4.78 is 52.5. The standard InChI is InChI=1S/C19H11F4N3OS/c20-14-5-4-10(8-13(14)19(21,22)23)15-9-11-2-1-3-12(16(11)25-15)17(27)26-18-24-6-7-28-18/h1-8H,9H2,(H,24,26,27). The van der Waals surface area contributed by atoms with Crippen LogP contribution in [0, 0.1) is 5.82 Å². The van der Waals surface area contributed by atoms with Crippen molar-refractivity contribution in [1.29, 1.82) is 0 Å². The predicted molar refractivity (Wildman–Crippen MR) is 97.8 cm³/mol. The van der Waals surface area contributed by atoms with Gasteiger partial charge in [-0.3, -0.25) is 15.1 Å². The number of hydrogen-bond acceptors (Lipinski definition) is 4. The maximum atomic E-state index is 13.5. The van der Waals surface area contributed by atoms with Crippen molar-refractivity contribution in [2.45, 2.75) is 12.6 Å².